The minimum atomic E-state index is -0.444. The van der Waals surface area contributed by atoms with Crippen LogP contribution in [0.1, 0.15) is 19.4 Å². The number of benzene rings is 1. The van der Waals surface area contributed by atoms with Crippen molar-refractivity contribution in [2.45, 2.75) is 26.4 Å². The van der Waals surface area contributed by atoms with Crippen LogP contribution in [-0.4, -0.2) is 33.2 Å². The Bertz CT molecular complexity index is 679. The van der Waals surface area contributed by atoms with E-state index in [1.54, 1.807) is 18.2 Å². The van der Waals surface area contributed by atoms with E-state index in [4.69, 9.17) is 0 Å². The predicted octanol–water partition coefficient (Wildman–Crippen LogP) is 1.30. The van der Waals surface area contributed by atoms with Gasteiger partial charge in [-0.05, 0) is 33.9 Å². The number of imide groups is 1. The van der Waals surface area contributed by atoms with Crippen molar-refractivity contribution in [2.24, 2.45) is 5.92 Å². The summed E-state index contributed by atoms with van der Waals surface area (Å²) >= 11 is 0. The highest BCUT2D eigenvalue weighted by Gasteiger charge is 2.39. The number of hydrogen-bond donors (Lipinski definition) is 1. The molecule has 1 atom stereocenters. The van der Waals surface area contributed by atoms with E-state index in [1.165, 1.54) is 4.90 Å². The Morgan fingerprint density at radius 1 is 1.30 bits per heavy atom. The highest BCUT2D eigenvalue weighted by Crippen LogP contribution is 2.18. The molecule has 0 aliphatic carbocycles. The molecule has 1 aliphatic rings. The smallest absolute Gasteiger partial charge is 0.325 e. The molecule has 0 spiro atoms. The molecule has 20 heavy (non-hydrogen) atoms. The molecule has 0 radical (unpaired) electrons. The minimum absolute atomic E-state index is 0.0682. The second-order valence-corrected chi connectivity index (χ2v) is 5.18. The van der Waals surface area contributed by atoms with Crippen molar-refractivity contribution in [3.63, 3.8) is 0 Å². The number of carbonyl (C=O) groups excluding carboxylic acids is 2. The Kier molecular flexibility index (Phi) is 2.89. The summed E-state index contributed by atoms with van der Waals surface area (Å²) in [6.07, 6.45) is 0. The lowest BCUT2D eigenvalue weighted by molar-refractivity contribution is -0.128. The molecular formula is C13H14N4O3. The molecule has 104 valence electrons. The fourth-order valence-electron chi connectivity index (χ4n) is 2.25. The number of fused-ring (bicyclic) bond motifs is 1. The molecule has 3 rings (SSSR count). The lowest BCUT2D eigenvalue weighted by Gasteiger charge is -2.14. The van der Waals surface area contributed by atoms with Gasteiger partial charge in [-0.3, -0.25) is 9.69 Å². The zero-order chi connectivity index (χ0) is 14.3. The number of hydrogen-bond acceptors (Lipinski definition) is 5. The number of urea groups is 1. The third-order valence-electron chi connectivity index (χ3n) is 3.38. The summed E-state index contributed by atoms with van der Waals surface area (Å²) in [6.45, 7) is 4.02. The first-order valence-electron chi connectivity index (χ1n) is 6.39. The van der Waals surface area contributed by atoms with Crippen molar-refractivity contribution in [2.75, 3.05) is 0 Å². The summed E-state index contributed by atoms with van der Waals surface area (Å²) in [7, 11) is 0. The van der Waals surface area contributed by atoms with Gasteiger partial charge in [0.25, 0.3) is 5.91 Å². The van der Waals surface area contributed by atoms with Gasteiger partial charge < -0.3 is 5.32 Å². The average Bonchev–Trinajstić information content (AvgIpc) is 2.97. The van der Waals surface area contributed by atoms with Crippen molar-refractivity contribution in [3.8, 4) is 0 Å². The van der Waals surface area contributed by atoms with Gasteiger partial charge in [0, 0.05) is 0 Å². The molecule has 1 N–H and O–H groups in total. The Morgan fingerprint density at radius 2 is 2.05 bits per heavy atom. The molecule has 3 amide bonds. The van der Waals surface area contributed by atoms with Crippen LogP contribution < -0.4 is 5.32 Å². The van der Waals surface area contributed by atoms with Crippen molar-refractivity contribution in [3.05, 3.63) is 23.8 Å². The first kappa shape index (κ1) is 12.6. The maximum absolute atomic E-state index is 12.2. The second kappa shape index (κ2) is 4.59. The van der Waals surface area contributed by atoms with Gasteiger partial charge in [0.05, 0.1) is 6.54 Å². The van der Waals surface area contributed by atoms with Gasteiger partial charge in [-0.15, -0.1) is 0 Å². The van der Waals surface area contributed by atoms with Gasteiger partial charge >= 0.3 is 6.03 Å². The standard InChI is InChI=1S/C13H14N4O3/c1-7(2)11-12(18)17(13(19)14-11)6-8-3-4-9-10(5-8)16-20-15-9/h3-5,7,11H,6H2,1-2H3,(H,14,19)/t11-/m0/s1. The number of amides is 3. The zero-order valence-corrected chi connectivity index (χ0v) is 11.2. The largest absolute Gasteiger partial charge is 0.326 e. The molecule has 2 heterocycles. The minimum Gasteiger partial charge on any atom is -0.326 e. The van der Waals surface area contributed by atoms with Crippen LogP contribution in [0.3, 0.4) is 0 Å². The fourth-order valence-corrected chi connectivity index (χ4v) is 2.25. The summed E-state index contributed by atoms with van der Waals surface area (Å²) in [5.41, 5.74) is 2.06. The molecule has 2 aromatic rings. The first-order chi connectivity index (χ1) is 9.56. The molecule has 1 aromatic carbocycles. The van der Waals surface area contributed by atoms with Crippen LogP contribution in [0.4, 0.5) is 4.79 Å². The SMILES string of the molecule is CC(C)[C@@H]1NC(=O)N(Cc2ccc3nonc3c2)C1=O. The molecule has 0 saturated carbocycles. The average molecular weight is 274 g/mol. The van der Waals surface area contributed by atoms with E-state index >= 15 is 0 Å². The number of rotatable bonds is 3. The van der Waals surface area contributed by atoms with E-state index < -0.39 is 6.04 Å². The van der Waals surface area contributed by atoms with Crippen molar-refractivity contribution in [1.82, 2.24) is 20.5 Å². The third-order valence-corrected chi connectivity index (χ3v) is 3.38. The molecule has 1 saturated heterocycles. The molecular weight excluding hydrogens is 260 g/mol. The van der Waals surface area contributed by atoms with E-state index in [1.807, 2.05) is 13.8 Å². The molecule has 0 unspecified atom stereocenters. The quantitative estimate of drug-likeness (QED) is 0.852. The number of carbonyl (C=O) groups is 2. The highest BCUT2D eigenvalue weighted by molar-refractivity contribution is 6.04. The zero-order valence-electron chi connectivity index (χ0n) is 11.2. The van der Waals surface area contributed by atoms with Crippen LogP contribution in [0.15, 0.2) is 22.8 Å². The third kappa shape index (κ3) is 2.01. The number of aromatic nitrogens is 2. The Morgan fingerprint density at radius 3 is 2.75 bits per heavy atom. The maximum Gasteiger partial charge on any atom is 0.325 e. The van der Waals surface area contributed by atoms with Gasteiger partial charge in [0.1, 0.15) is 17.1 Å². The Hall–Kier alpha value is -2.44. The summed E-state index contributed by atoms with van der Waals surface area (Å²) in [6, 6.07) is 4.51. The predicted molar refractivity (Wildman–Crippen MR) is 69.5 cm³/mol. The van der Waals surface area contributed by atoms with Gasteiger partial charge in [0.15, 0.2) is 0 Å². The van der Waals surface area contributed by atoms with Crippen LogP contribution in [0, 0.1) is 5.92 Å². The van der Waals surface area contributed by atoms with E-state index in [-0.39, 0.29) is 24.4 Å². The first-order valence-corrected chi connectivity index (χ1v) is 6.39. The van der Waals surface area contributed by atoms with Crippen molar-refractivity contribution < 1.29 is 14.2 Å². The fraction of sp³-hybridized carbons (Fsp3) is 0.385. The lowest BCUT2D eigenvalue weighted by atomic mass is 10.0. The van der Waals surface area contributed by atoms with Crippen LogP contribution in [0.5, 0.6) is 0 Å². The van der Waals surface area contributed by atoms with Crippen LogP contribution in [0.2, 0.25) is 0 Å². The normalized spacial score (nSPS) is 19.1. The van der Waals surface area contributed by atoms with Crippen molar-refractivity contribution in [1.29, 1.82) is 0 Å². The topological polar surface area (TPSA) is 88.3 Å². The monoisotopic (exact) mass is 274 g/mol. The van der Waals surface area contributed by atoms with Crippen LogP contribution >= 0.6 is 0 Å². The number of nitrogens with one attached hydrogen (secondary N) is 1. The van der Waals surface area contributed by atoms with Gasteiger partial charge in [0.2, 0.25) is 0 Å². The van der Waals surface area contributed by atoms with Crippen molar-refractivity contribution >= 4 is 23.0 Å². The molecule has 1 aromatic heterocycles. The van der Waals surface area contributed by atoms with Crippen LogP contribution in [0.25, 0.3) is 11.0 Å². The summed E-state index contributed by atoms with van der Waals surface area (Å²) < 4.78 is 4.62. The second-order valence-electron chi connectivity index (χ2n) is 5.18. The molecule has 1 fully saturated rings. The molecule has 7 nitrogen and oxygen atoms in total. The molecule has 0 bridgehead atoms. The van der Waals surface area contributed by atoms with Crippen LogP contribution in [-0.2, 0) is 11.3 Å². The number of nitrogens with zero attached hydrogens (tertiary/aromatic N) is 3. The molecule has 1 aliphatic heterocycles. The highest BCUT2D eigenvalue weighted by atomic mass is 16.6. The maximum atomic E-state index is 12.2. The summed E-state index contributed by atoms with van der Waals surface area (Å²) in [5, 5.41) is 10.2. The van der Waals surface area contributed by atoms with Gasteiger partial charge in [-0.2, -0.15) is 0 Å². The van der Waals surface area contributed by atoms with E-state index in [2.05, 4.69) is 20.3 Å². The Labute approximate surface area is 114 Å². The van der Waals surface area contributed by atoms with Gasteiger partial charge in [-0.25, -0.2) is 9.42 Å². The summed E-state index contributed by atoms with van der Waals surface area (Å²) in [5.74, 6) is -0.123. The lowest BCUT2D eigenvalue weighted by Crippen LogP contribution is -2.34. The Balaban J connectivity index is 1.83. The van der Waals surface area contributed by atoms with E-state index in [0.717, 1.165) is 5.56 Å². The van der Waals surface area contributed by atoms with E-state index in [0.29, 0.717) is 11.0 Å². The molecule has 7 heteroatoms. The van der Waals surface area contributed by atoms with E-state index in [9.17, 15) is 9.59 Å². The summed E-state index contributed by atoms with van der Waals surface area (Å²) in [4.78, 5) is 25.3. The van der Waals surface area contributed by atoms with Gasteiger partial charge in [-0.1, -0.05) is 19.9 Å².